The van der Waals surface area contributed by atoms with Gasteiger partial charge in [0, 0.05) is 10.7 Å². The first-order valence-electron chi connectivity index (χ1n) is 10.1. The molecule has 1 aliphatic heterocycles. The number of ether oxygens (including phenoxy) is 1. The topological polar surface area (TPSA) is 92.8 Å². The predicted octanol–water partition coefficient (Wildman–Crippen LogP) is 4.24. The van der Waals surface area contributed by atoms with E-state index in [0.717, 1.165) is 16.0 Å². The largest absolute Gasteiger partial charge is 0.452 e. The Morgan fingerprint density at radius 2 is 1.67 bits per heavy atom. The highest BCUT2D eigenvalue weighted by Gasteiger charge is 2.36. The number of benzene rings is 3. The second-order valence-corrected chi connectivity index (χ2v) is 7.96. The van der Waals surface area contributed by atoms with Crippen LogP contribution in [0.5, 0.6) is 0 Å². The maximum absolute atomic E-state index is 12.8. The van der Waals surface area contributed by atoms with Crippen LogP contribution in [0.3, 0.4) is 0 Å². The first-order valence-corrected chi connectivity index (χ1v) is 10.5. The number of carbonyl (C=O) groups is 4. The van der Waals surface area contributed by atoms with Crippen molar-refractivity contribution in [2.45, 2.75) is 13.5 Å². The van der Waals surface area contributed by atoms with Gasteiger partial charge in [0.15, 0.2) is 6.61 Å². The molecule has 166 valence electrons. The van der Waals surface area contributed by atoms with Crippen molar-refractivity contribution in [1.29, 1.82) is 0 Å². The number of hydrogen-bond acceptors (Lipinski definition) is 5. The smallest absolute Gasteiger partial charge is 0.338 e. The summed E-state index contributed by atoms with van der Waals surface area (Å²) in [5.41, 5.74) is 2.57. The summed E-state index contributed by atoms with van der Waals surface area (Å²) >= 11 is 5.90. The van der Waals surface area contributed by atoms with Gasteiger partial charge in [0.25, 0.3) is 17.7 Å². The molecule has 0 unspecified atom stereocenters. The molecule has 3 amide bonds. The fourth-order valence-electron chi connectivity index (χ4n) is 3.50. The summed E-state index contributed by atoms with van der Waals surface area (Å²) in [5, 5.41) is 3.19. The van der Waals surface area contributed by atoms with E-state index >= 15 is 0 Å². The number of halogens is 1. The summed E-state index contributed by atoms with van der Waals surface area (Å²) in [4.78, 5) is 51.2. The molecule has 8 heteroatoms. The van der Waals surface area contributed by atoms with Crippen molar-refractivity contribution >= 4 is 41.0 Å². The molecule has 7 nitrogen and oxygen atoms in total. The average Bonchev–Trinajstić information content (AvgIpc) is 3.04. The minimum Gasteiger partial charge on any atom is -0.452 e. The van der Waals surface area contributed by atoms with E-state index in [4.69, 9.17) is 16.3 Å². The molecule has 1 aliphatic rings. The van der Waals surface area contributed by atoms with E-state index in [0.29, 0.717) is 10.7 Å². The van der Waals surface area contributed by atoms with Crippen LogP contribution in [0.4, 0.5) is 5.69 Å². The SMILES string of the molecule is Cc1cc(Cl)ccc1NC(=O)COC(=O)c1ccc2c(c1)C(=O)N(Cc1ccccc1)C2=O. The predicted molar refractivity (Wildman–Crippen MR) is 122 cm³/mol. The van der Waals surface area contributed by atoms with Crippen molar-refractivity contribution in [1.82, 2.24) is 4.90 Å². The summed E-state index contributed by atoms with van der Waals surface area (Å²) in [7, 11) is 0. The first-order chi connectivity index (χ1) is 15.8. The molecule has 3 aromatic rings. The molecule has 0 saturated heterocycles. The second-order valence-electron chi connectivity index (χ2n) is 7.53. The van der Waals surface area contributed by atoms with E-state index in [9.17, 15) is 19.2 Å². The lowest BCUT2D eigenvalue weighted by molar-refractivity contribution is -0.119. The Bertz CT molecular complexity index is 1270. The van der Waals surface area contributed by atoms with Crippen molar-refractivity contribution in [2.75, 3.05) is 11.9 Å². The van der Waals surface area contributed by atoms with Gasteiger partial charge >= 0.3 is 5.97 Å². The molecule has 0 atom stereocenters. The summed E-state index contributed by atoms with van der Waals surface area (Å²) in [6.45, 7) is 1.42. The zero-order valence-corrected chi connectivity index (χ0v) is 18.4. The van der Waals surface area contributed by atoms with Crippen LogP contribution in [0, 0.1) is 6.92 Å². The van der Waals surface area contributed by atoms with Gasteiger partial charge in [0.2, 0.25) is 0 Å². The maximum Gasteiger partial charge on any atom is 0.338 e. The zero-order chi connectivity index (χ0) is 23.5. The standard InChI is InChI=1S/C25H19ClN2O5/c1-15-11-18(26)8-10-21(15)27-22(29)14-33-25(32)17-7-9-19-20(12-17)24(31)28(23(19)30)13-16-5-3-2-4-6-16/h2-12H,13-14H2,1H3,(H,27,29). The Morgan fingerprint density at radius 1 is 0.939 bits per heavy atom. The van der Waals surface area contributed by atoms with Gasteiger partial charge < -0.3 is 10.1 Å². The molecule has 0 radical (unpaired) electrons. The average molecular weight is 463 g/mol. The minimum atomic E-state index is -0.775. The molecular weight excluding hydrogens is 444 g/mol. The Kier molecular flexibility index (Phi) is 6.24. The van der Waals surface area contributed by atoms with Crippen LogP contribution in [0.25, 0.3) is 0 Å². The molecule has 0 bridgehead atoms. The highest BCUT2D eigenvalue weighted by atomic mass is 35.5. The fourth-order valence-corrected chi connectivity index (χ4v) is 3.72. The highest BCUT2D eigenvalue weighted by Crippen LogP contribution is 2.26. The van der Waals surface area contributed by atoms with E-state index in [-0.39, 0.29) is 23.2 Å². The Hall–Kier alpha value is -3.97. The molecule has 4 rings (SSSR count). The van der Waals surface area contributed by atoms with Gasteiger partial charge in [-0.3, -0.25) is 19.3 Å². The lowest BCUT2D eigenvalue weighted by Crippen LogP contribution is -2.29. The quantitative estimate of drug-likeness (QED) is 0.437. The van der Waals surface area contributed by atoms with Crippen molar-refractivity contribution in [3.05, 3.63) is 99.6 Å². The van der Waals surface area contributed by atoms with Crippen molar-refractivity contribution in [3.8, 4) is 0 Å². The zero-order valence-electron chi connectivity index (χ0n) is 17.6. The molecular formula is C25H19ClN2O5. The van der Waals surface area contributed by atoms with Crippen LogP contribution in [0.2, 0.25) is 5.02 Å². The number of nitrogens with one attached hydrogen (secondary N) is 1. The van der Waals surface area contributed by atoms with Gasteiger partial charge in [0.05, 0.1) is 23.2 Å². The first kappa shape index (κ1) is 22.2. The number of amides is 3. The van der Waals surface area contributed by atoms with Gasteiger partial charge in [-0.1, -0.05) is 41.9 Å². The second kappa shape index (κ2) is 9.26. The lowest BCUT2D eigenvalue weighted by Gasteiger charge is -2.13. The number of nitrogens with zero attached hydrogens (tertiary/aromatic N) is 1. The van der Waals surface area contributed by atoms with Crippen LogP contribution in [0.15, 0.2) is 66.7 Å². The molecule has 1 heterocycles. The monoisotopic (exact) mass is 462 g/mol. The third-order valence-corrected chi connectivity index (χ3v) is 5.42. The number of aryl methyl sites for hydroxylation is 1. The summed E-state index contributed by atoms with van der Waals surface area (Å²) < 4.78 is 5.08. The number of imide groups is 1. The normalized spacial score (nSPS) is 12.5. The van der Waals surface area contributed by atoms with E-state index in [2.05, 4.69) is 5.32 Å². The number of carbonyl (C=O) groups excluding carboxylic acids is 4. The Labute approximate surface area is 194 Å². The van der Waals surface area contributed by atoms with Crippen LogP contribution in [-0.2, 0) is 16.1 Å². The van der Waals surface area contributed by atoms with E-state index in [1.807, 2.05) is 30.3 Å². The number of hydrogen-bond donors (Lipinski definition) is 1. The third kappa shape index (κ3) is 4.78. The molecule has 0 aliphatic carbocycles. The van der Waals surface area contributed by atoms with Crippen LogP contribution in [-0.4, -0.2) is 35.2 Å². The molecule has 33 heavy (non-hydrogen) atoms. The minimum absolute atomic E-state index is 0.0759. The number of esters is 1. The third-order valence-electron chi connectivity index (χ3n) is 5.19. The van der Waals surface area contributed by atoms with Gasteiger partial charge in [-0.25, -0.2) is 4.79 Å². The summed E-state index contributed by atoms with van der Waals surface area (Å²) in [5.74, 6) is -2.20. The highest BCUT2D eigenvalue weighted by molar-refractivity contribution is 6.30. The van der Waals surface area contributed by atoms with Crippen LogP contribution >= 0.6 is 11.6 Å². The lowest BCUT2D eigenvalue weighted by atomic mass is 10.1. The number of anilines is 1. The fraction of sp³-hybridized carbons (Fsp3) is 0.120. The molecule has 0 fully saturated rings. The van der Waals surface area contributed by atoms with E-state index < -0.39 is 30.3 Å². The maximum atomic E-state index is 12.8. The number of fused-ring (bicyclic) bond motifs is 1. The van der Waals surface area contributed by atoms with Crippen molar-refractivity contribution < 1.29 is 23.9 Å². The molecule has 0 spiro atoms. The van der Waals surface area contributed by atoms with E-state index in [1.165, 1.54) is 18.2 Å². The van der Waals surface area contributed by atoms with Crippen molar-refractivity contribution in [3.63, 3.8) is 0 Å². The van der Waals surface area contributed by atoms with Crippen LogP contribution in [0.1, 0.15) is 42.2 Å². The summed E-state index contributed by atoms with van der Waals surface area (Å²) in [6, 6.07) is 18.3. The molecule has 3 aromatic carbocycles. The van der Waals surface area contributed by atoms with Gasteiger partial charge in [-0.05, 0) is 54.4 Å². The Balaban J connectivity index is 1.41. The van der Waals surface area contributed by atoms with Gasteiger partial charge in [-0.2, -0.15) is 0 Å². The van der Waals surface area contributed by atoms with E-state index in [1.54, 1.807) is 25.1 Å². The van der Waals surface area contributed by atoms with Crippen molar-refractivity contribution in [2.24, 2.45) is 0 Å². The summed E-state index contributed by atoms with van der Waals surface area (Å²) in [6.07, 6.45) is 0. The molecule has 0 aromatic heterocycles. The Morgan fingerprint density at radius 3 is 2.39 bits per heavy atom. The molecule has 0 saturated carbocycles. The van der Waals surface area contributed by atoms with Crippen LogP contribution < -0.4 is 5.32 Å². The van der Waals surface area contributed by atoms with Gasteiger partial charge in [0.1, 0.15) is 0 Å². The van der Waals surface area contributed by atoms with Gasteiger partial charge in [-0.15, -0.1) is 0 Å². The number of rotatable bonds is 6. The molecule has 1 N–H and O–H groups in total.